The summed E-state index contributed by atoms with van der Waals surface area (Å²) in [4.78, 5) is 21.3. The van der Waals surface area contributed by atoms with E-state index in [0.29, 0.717) is 41.1 Å². The summed E-state index contributed by atoms with van der Waals surface area (Å²) in [5, 5.41) is 17.1. The van der Waals surface area contributed by atoms with E-state index < -0.39 is 0 Å². The Kier molecular flexibility index (Phi) is 4.95. The van der Waals surface area contributed by atoms with Crippen LogP contribution in [0.15, 0.2) is 42.9 Å². The van der Waals surface area contributed by atoms with Crippen LogP contribution in [0.1, 0.15) is 54.9 Å². The number of nitrogens with zero attached hydrogens (tertiary/aromatic N) is 5. The third kappa shape index (κ3) is 4.30. The van der Waals surface area contributed by atoms with Crippen molar-refractivity contribution in [3.05, 3.63) is 53.4 Å². The second-order valence-electron chi connectivity index (χ2n) is 8.35. The van der Waals surface area contributed by atoms with Gasteiger partial charge in [-0.15, -0.1) is 0 Å². The lowest BCUT2D eigenvalue weighted by molar-refractivity contribution is 0.0975. The van der Waals surface area contributed by atoms with Gasteiger partial charge in [0.05, 0.1) is 46.3 Å². The van der Waals surface area contributed by atoms with Crippen LogP contribution in [-0.2, 0) is 0 Å². The molecule has 7 nitrogen and oxygen atoms in total. The first-order valence-electron chi connectivity index (χ1n) is 10.4. The van der Waals surface area contributed by atoms with E-state index in [4.69, 9.17) is 11.6 Å². The second-order valence-corrected chi connectivity index (χ2v) is 8.76. The van der Waals surface area contributed by atoms with Gasteiger partial charge in [0.1, 0.15) is 0 Å². The van der Waals surface area contributed by atoms with Gasteiger partial charge in [0.15, 0.2) is 5.78 Å². The highest BCUT2D eigenvalue weighted by molar-refractivity contribution is 6.32. The average molecular weight is 433 g/mol. The number of rotatable bonds is 8. The number of ketones is 1. The maximum Gasteiger partial charge on any atom is 0.227 e. The van der Waals surface area contributed by atoms with Crippen LogP contribution in [0.4, 0.5) is 11.6 Å². The summed E-state index contributed by atoms with van der Waals surface area (Å²) in [5.41, 5.74) is 2.59. The fourth-order valence-corrected chi connectivity index (χ4v) is 3.78. The molecule has 0 aliphatic heterocycles. The van der Waals surface area contributed by atoms with Gasteiger partial charge in [-0.1, -0.05) is 35.9 Å². The SMILES string of the molecule is N#CC1(CCC(=O)c2ccc(-c3nc(Nc4cnn(C5CC5)c4)ncc3Cl)cc2)CC1. The van der Waals surface area contributed by atoms with Gasteiger partial charge in [0.2, 0.25) is 5.95 Å². The molecule has 3 aromatic rings. The van der Waals surface area contributed by atoms with Crippen molar-refractivity contribution in [2.45, 2.75) is 44.6 Å². The molecule has 2 aromatic heterocycles. The molecule has 0 amide bonds. The van der Waals surface area contributed by atoms with Crippen molar-refractivity contribution >= 4 is 29.0 Å². The number of Topliss-reactive ketones (excluding diaryl/α,β-unsaturated/α-hetero) is 1. The van der Waals surface area contributed by atoms with E-state index >= 15 is 0 Å². The molecule has 1 aromatic carbocycles. The van der Waals surface area contributed by atoms with Crippen molar-refractivity contribution in [3.63, 3.8) is 0 Å². The molecule has 0 saturated heterocycles. The monoisotopic (exact) mass is 432 g/mol. The smallest absolute Gasteiger partial charge is 0.227 e. The minimum atomic E-state index is -0.261. The zero-order valence-corrected chi connectivity index (χ0v) is 17.6. The third-order valence-electron chi connectivity index (χ3n) is 5.92. The largest absolute Gasteiger partial charge is 0.321 e. The zero-order valence-electron chi connectivity index (χ0n) is 16.9. The quantitative estimate of drug-likeness (QED) is 0.482. The molecule has 0 radical (unpaired) electrons. The maximum absolute atomic E-state index is 12.5. The number of carbonyl (C=O) groups excluding carboxylic acids is 1. The Bertz CT molecular complexity index is 1170. The van der Waals surface area contributed by atoms with Crippen LogP contribution in [0.2, 0.25) is 5.02 Å². The van der Waals surface area contributed by atoms with Crippen LogP contribution >= 0.6 is 11.6 Å². The lowest BCUT2D eigenvalue weighted by atomic mass is 9.97. The average Bonchev–Trinajstić information content (AvgIpc) is 3.73. The fraction of sp³-hybridized carbons (Fsp3) is 0.348. The van der Waals surface area contributed by atoms with E-state index in [1.165, 1.54) is 12.8 Å². The van der Waals surface area contributed by atoms with Crippen LogP contribution in [0.5, 0.6) is 0 Å². The number of halogens is 1. The van der Waals surface area contributed by atoms with E-state index in [2.05, 4.69) is 26.5 Å². The molecular formula is C23H21ClN6O. The summed E-state index contributed by atoms with van der Waals surface area (Å²) in [6.07, 6.45) is 10.4. The molecule has 2 heterocycles. The van der Waals surface area contributed by atoms with Gasteiger partial charge in [0, 0.05) is 23.7 Å². The molecule has 0 spiro atoms. The number of nitriles is 1. The first-order valence-corrected chi connectivity index (χ1v) is 10.8. The second kappa shape index (κ2) is 7.78. The maximum atomic E-state index is 12.5. The topological polar surface area (TPSA) is 96.5 Å². The van der Waals surface area contributed by atoms with Crippen molar-refractivity contribution in [2.24, 2.45) is 5.41 Å². The van der Waals surface area contributed by atoms with E-state index in [1.54, 1.807) is 24.5 Å². The molecule has 0 unspecified atom stereocenters. The Morgan fingerprint density at radius 2 is 2.03 bits per heavy atom. The van der Waals surface area contributed by atoms with Crippen molar-refractivity contribution in [1.82, 2.24) is 19.7 Å². The lowest BCUT2D eigenvalue weighted by Gasteiger charge is -2.08. The third-order valence-corrected chi connectivity index (χ3v) is 6.20. The Labute approximate surface area is 185 Å². The number of hydrogen-bond acceptors (Lipinski definition) is 6. The number of anilines is 2. The van der Waals surface area contributed by atoms with Gasteiger partial charge in [-0.05, 0) is 32.1 Å². The normalized spacial score (nSPS) is 16.5. The molecule has 2 aliphatic rings. The number of aromatic nitrogens is 4. The van der Waals surface area contributed by atoms with Crippen LogP contribution < -0.4 is 5.32 Å². The van der Waals surface area contributed by atoms with Crippen molar-refractivity contribution in [2.75, 3.05) is 5.32 Å². The number of benzene rings is 1. The highest BCUT2D eigenvalue weighted by Crippen LogP contribution is 2.49. The van der Waals surface area contributed by atoms with Gasteiger partial charge >= 0.3 is 0 Å². The molecule has 0 bridgehead atoms. The summed E-state index contributed by atoms with van der Waals surface area (Å²) in [6, 6.07) is 10.1. The first kappa shape index (κ1) is 19.7. The summed E-state index contributed by atoms with van der Waals surface area (Å²) in [5.74, 6) is 0.484. The lowest BCUT2D eigenvalue weighted by Crippen LogP contribution is -2.04. The summed E-state index contributed by atoms with van der Waals surface area (Å²) in [6.45, 7) is 0. The molecule has 2 saturated carbocycles. The van der Waals surface area contributed by atoms with Crippen molar-refractivity contribution in [1.29, 1.82) is 5.26 Å². The highest BCUT2D eigenvalue weighted by atomic mass is 35.5. The molecule has 2 fully saturated rings. The molecule has 8 heteroatoms. The molecule has 5 rings (SSSR count). The minimum absolute atomic E-state index is 0.0527. The zero-order chi connectivity index (χ0) is 21.4. The van der Waals surface area contributed by atoms with Crippen molar-refractivity contribution in [3.8, 4) is 17.3 Å². The van der Waals surface area contributed by atoms with Gasteiger partial charge in [0.25, 0.3) is 0 Å². The molecule has 31 heavy (non-hydrogen) atoms. The van der Waals surface area contributed by atoms with E-state index in [-0.39, 0.29) is 11.2 Å². The van der Waals surface area contributed by atoms with Gasteiger partial charge in [-0.25, -0.2) is 9.97 Å². The van der Waals surface area contributed by atoms with E-state index in [1.807, 2.05) is 23.0 Å². The number of nitrogens with one attached hydrogen (secondary N) is 1. The summed E-state index contributed by atoms with van der Waals surface area (Å²) >= 11 is 6.35. The molecule has 156 valence electrons. The molecule has 1 N–H and O–H groups in total. The van der Waals surface area contributed by atoms with E-state index in [0.717, 1.165) is 24.1 Å². The van der Waals surface area contributed by atoms with Gasteiger partial charge in [-0.2, -0.15) is 10.4 Å². The van der Waals surface area contributed by atoms with E-state index in [9.17, 15) is 10.1 Å². The molecule has 0 atom stereocenters. The minimum Gasteiger partial charge on any atom is -0.321 e. The fourth-order valence-electron chi connectivity index (χ4n) is 3.58. The number of hydrogen-bond donors (Lipinski definition) is 1. The van der Waals surface area contributed by atoms with Crippen LogP contribution in [0.3, 0.4) is 0 Å². The number of carbonyl (C=O) groups is 1. The Balaban J connectivity index is 1.29. The standard InChI is InChI=1S/C23H21ClN6O/c24-19-12-26-22(28-17-11-27-30(13-17)18-5-6-18)29-21(19)16-3-1-15(2-4-16)20(31)7-8-23(14-25)9-10-23/h1-4,11-13,18H,5-10H2,(H,26,28,29). The van der Waals surface area contributed by atoms with Gasteiger partial charge in [-0.3, -0.25) is 9.48 Å². The van der Waals surface area contributed by atoms with Crippen LogP contribution in [0.25, 0.3) is 11.3 Å². The summed E-state index contributed by atoms with van der Waals surface area (Å²) in [7, 11) is 0. The highest BCUT2D eigenvalue weighted by Gasteiger charge is 2.42. The Hall–Kier alpha value is -3.24. The van der Waals surface area contributed by atoms with Gasteiger partial charge < -0.3 is 5.32 Å². The molecular weight excluding hydrogens is 412 g/mol. The predicted molar refractivity (Wildman–Crippen MR) is 117 cm³/mol. The van der Waals surface area contributed by atoms with Crippen LogP contribution in [-0.4, -0.2) is 25.5 Å². The van der Waals surface area contributed by atoms with Crippen molar-refractivity contribution < 1.29 is 4.79 Å². The Morgan fingerprint density at radius 3 is 2.71 bits per heavy atom. The predicted octanol–water partition coefficient (Wildman–Crippen LogP) is 5.34. The summed E-state index contributed by atoms with van der Waals surface area (Å²) < 4.78 is 1.95. The first-order chi connectivity index (χ1) is 15.0. The van der Waals surface area contributed by atoms with Crippen LogP contribution in [0, 0.1) is 16.7 Å². The molecule has 2 aliphatic carbocycles. The Morgan fingerprint density at radius 1 is 1.26 bits per heavy atom.